The molecular formula is H9NaO10P4. The minimum absolute atomic E-state index is 0. The fraction of sp³-hybridized carbons (Fsp3) is 0. The van der Waals surface area contributed by atoms with E-state index in [1.54, 1.807) is 0 Å². The van der Waals surface area contributed by atoms with E-state index in [9.17, 15) is 0 Å². The van der Waals surface area contributed by atoms with Crippen LogP contribution in [0.25, 0.3) is 0 Å². The summed E-state index contributed by atoms with van der Waals surface area (Å²) < 4.78 is 7.20. The van der Waals surface area contributed by atoms with Crippen LogP contribution in [-0.2, 0) is 8.62 Å². The average molecular weight is 316 g/mol. The molecule has 0 aromatic rings. The zero-order valence-electron chi connectivity index (χ0n) is 8.18. The third kappa shape index (κ3) is 31.4. The van der Waals surface area contributed by atoms with Crippen LogP contribution in [0.1, 0.15) is 1.43 Å². The Labute approximate surface area is 113 Å². The van der Waals surface area contributed by atoms with Gasteiger partial charge in [-0.25, -0.2) is 8.62 Å². The van der Waals surface area contributed by atoms with Crippen LogP contribution in [0, 0.1) is 0 Å². The quantitative estimate of drug-likeness (QED) is 0.188. The largest absolute Gasteiger partial charge is 1.00 e. The molecule has 0 rings (SSSR count). The molecule has 0 aliphatic rings. The van der Waals surface area contributed by atoms with Gasteiger partial charge >= 0.3 is 64.0 Å². The summed E-state index contributed by atoms with van der Waals surface area (Å²) in [5, 5.41) is 0. The van der Waals surface area contributed by atoms with E-state index in [1.807, 2.05) is 0 Å². The third-order valence-corrected chi connectivity index (χ3v) is 2.63. The molecule has 0 radical (unpaired) electrons. The van der Waals surface area contributed by atoms with Crippen molar-refractivity contribution in [2.24, 2.45) is 0 Å². The van der Waals surface area contributed by atoms with Gasteiger partial charge in [0.05, 0.1) is 0 Å². The molecular weight excluding hydrogens is 307 g/mol. The van der Waals surface area contributed by atoms with Crippen molar-refractivity contribution < 1.29 is 78.8 Å². The minimum Gasteiger partial charge on any atom is -1.00 e. The molecule has 15 heavy (non-hydrogen) atoms. The Bertz CT molecular complexity index is 95.4. The molecule has 15 heteroatoms. The van der Waals surface area contributed by atoms with Crippen LogP contribution in [-0.4, -0.2) is 39.1 Å². The van der Waals surface area contributed by atoms with E-state index in [4.69, 9.17) is 39.1 Å². The second-order valence-electron chi connectivity index (χ2n) is 1.17. The molecule has 0 saturated carbocycles. The molecule has 0 unspecified atom stereocenters. The van der Waals surface area contributed by atoms with Gasteiger partial charge in [0.2, 0.25) is 0 Å². The first kappa shape index (κ1) is 22.5. The Morgan fingerprint density at radius 3 is 0.667 bits per heavy atom. The smallest absolute Gasteiger partial charge is 1.00 e. The van der Waals surface area contributed by atoms with Crippen molar-refractivity contribution in [1.82, 2.24) is 0 Å². The van der Waals surface area contributed by atoms with E-state index >= 15 is 0 Å². The van der Waals surface area contributed by atoms with Gasteiger partial charge in [0, 0.05) is 0 Å². The second-order valence-corrected chi connectivity index (χ2v) is 4.50. The summed E-state index contributed by atoms with van der Waals surface area (Å²) in [7, 11) is -10.4. The molecule has 8 N–H and O–H groups in total. The van der Waals surface area contributed by atoms with E-state index in [1.165, 1.54) is 0 Å². The molecule has 0 spiro atoms. The Hall–Kier alpha value is 2.32. The van der Waals surface area contributed by atoms with Crippen LogP contribution >= 0.6 is 34.4 Å². The maximum absolute atomic E-state index is 7.82. The summed E-state index contributed by atoms with van der Waals surface area (Å²) >= 11 is 0. The van der Waals surface area contributed by atoms with E-state index in [0.717, 1.165) is 0 Å². The van der Waals surface area contributed by atoms with Gasteiger partial charge in [0.15, 0.2) is 0 Å². The van der Waals surface area contributed by atoms with Crippen molar-refractivity contribution in [3.63, 3.8) is 0 Å². The molecule has 0 heterocycles. The zero-order valence-corrected chi connectivity index (χ0v) is 12.8. The molecule has 0 fully saturated rings. The summed E-state index contributed by atoms with van der Waals surface area (Å²) in [4.78, 5) is 62.5. The van der Waals surface area contributed by atoms with Crippen LogP contribution in [0.3, 0.4) is 0 Å². The first-order valence-corrected chi connectivity index (χ1v) is 6.99. The van der Waals surface area contributed by atoms with Gasteiger partial charge in [-0.1, -0.05) is 0 Å². The van der Waals surface area contributed by atoms with Gasteiger partial charge < -0.3 is 40.6 Å². The Balaban J connectivity index is -0.0000000800. The maximum atomic E-state index is 7.82. The molecule has 0 saturated heterocycles. The Morgan fingerprint density at radius 1 is 0.533 bits per heavy atom. The normalized spacial score (nSPS) is 10.4. The standard InChI is InChI=1S/Na.2H4O5P2.H/c;2*1-6(2)5-7(3)4;/h;2*1-4H;/q+1;;;-1. The van der Waals surface area contributed by atoms with Crippen LogP contribution in [0.4, 0.5) is 0 Å². The van der Waals surface area contributed by atoms with E-state index in [-0.39, 0.29) is 31.0 Å². The number of hydrogen-bond donors (Lipinski definition) is 8. The molecule has 0 atom stereocenters. The van der Waals surface area contributed by atoms with E-state index in [0.29, 0.717) is 0 Å². The maximum Gasteiger partial charge on any atom is 1.00 e. The number of hydrogen-bond acceptors (Lipinski definition) is 10. The summed E-state index contributed by atoms with van der Waals surface area (Å²) in [5.74, 6) is 0. The van der Waals surface area contributed by atoms with E-state index < -0.39 is 34.4 Å². The van der Waals surface area contributed by atoms with Crippen molar-refractivity contribution in [3.05, 3.63) is 0 Å². The van der Waals surface area contributed by atoms with Crippen molar-refractivity contribution >= 4 is 34.4 Å². The van der Waals surface area contributed by atoms with Gasteiger partial charge in [-0.15, -0.1) is 0 Å². The topological polar surface area (TPSA) is 180 Å². The SMILES string of the molecule is OP(O)OP(O)O.OP(O)OP(O)O.[H-].[Na+]. The predicted molar refractivity (Wildman–Crippen MR) is 48.7 cm³/mol. The molecule has 0 amide bonds. The number of rotatable bonds is 4. The fourth-order valence-corrected chi connectivity index (χ4v) is 1.18. The summed E-state index contributed by atoms with van der Waals surface area (Å²) in [6, 6.07) is 0. The van der Waals surface area contributed by atoms with Crippen molar-refractivity contribution in [2.45, 2.75) is 0 Å². The van der Waals surface area contributed by atoms with Crippen LogP contribution in [0.2, 0.25) is 0 Å². The van der Waals surface area contributed by atoms with Gasteiger partial charge in [0.25, 0.3) is 0 Å². The first-order valence-electron chi connectivity index (χ1n) is 2.33. The predicted octanol–water partition coefficient (Wildman–Crippen LogP) is -4.03. The Morgan fingerprint density at radius 2 is 0.667 bits per heavy atom. The van der Waals surface area contributed by atoms with Crippen LogP contribution in [0.5, 0.6) is 0 Å². The van der Waals surface area contributed by atoms with Gasteiger partial charge in [-0.05, 0) is 0 Å². The molecule has 0 aliphatic heterocycles. The van der Waals surface area contributed by atoms with Crippen LogP contribution < -0.4 is 29.6 Å². The summed E-state index contributed by atoms with van der Waals surface area (Å²) in [6.45, 7) is 0. The minimum atomic E-state index is -2.61. The van der Waals surface area contributed by atoms with Gasteiger partial charge in [0.1, 0.15) is 0 Å². The fourth-order valence-electron chi connectivity index (χ4n) is 0.131. The first-order chi connectivity index (χ1) is 6.25. The van der Waals surface area contributed by atoms with Crippen molar-refractivity contribution in [1.29, 1.82) is 0 Å². The Kier molecular flexibility index (Phi) is 21.6. The second kappa shape index (κ2) is 14.4. The molecule has 90 valence electrons. The molecule has 0 aliphatic carbocycles. The summed E-state index contributed by atoms with van der Waals surface area (Å²) in [6.07, 6.45) is 0. The van der Waals surface area contributed by atoms with E-state index in [2.05, 4.69) is 8.62 Å². The zero-order chi connectivity index (χ0) is 11.7. The molecule has 10 nitrogen and oxygen atoms in total. The van der Waals surface area contributed by atoms with Gasteiger partial charge in [-0.3, -0.25) is 0 Å². The summed E-state index contributed by atoms with van der Waals surface area (Å²) in [5.41, 5.74) is 0. The monoisotopic (exact) mass is 316 g/mol. The van der Waals surface area contributed by atoms with Gasteiger partial charge in [-0.2, -0.15) is 0 Å². The van der Waals surface area contributed by atoms with Crippen LogP contribution in [0.15, 0.2) is 0 Å². The molecule has 0 bridgehead atoms. The molecule has 0 aromatic heterocycles. The van der Waals surface area contributed by atoms with Crippen molar-refractivity contribution in [2.75, 3.05) is 0 Å². The third-order valence-electron chi connectivity index (χ3n) is 0.292. The van der Waals surface area contributed by atoms with Crippen molar-refractivity contribution in [3.8, 4) is 0 Å². The average Bonchev–Trinajstić information content (AvgIpc) is 1.79. The molecule has 0 aromatic carbocycles.